The number of benzene rings is 7. The third-order valence-corrected chi connectivity index (χ3v) is 13.4. The second-order valence-corrected chi connectivity index (χ2v) is 15.7. The molecule has 0 saturated heterocycles. The summed E-state index contributed by atoms with van der Waals surface area (Å²) in [5.41, 5.74) is 11.6. The molecule has 50 heavy (non-hydrogen) atoms. The van der Waals surface area contributed by atoms with E-state index < -0.39 is 0 Å². The van der Waals surface area contributed by atoms with Gasteiger partial charge in [-0.2, -0.15) is 0 Å². The highest BCUT2D eigenvalue weighted by molar-refractivity contribution is 6.10. The second kappa shape index (κ2) is 9.88. The number of nitrogens with zero attached hydrogens (tertiary/aromatic N) is 1. The highest BCUT2D eigenvalue weighted by Crippen LogP contribution is 2.70. The third kappa shape index (κ3) is 3.54. The number of furan rings is 1. The van der Waals surface area contributed by atoms with Crippen molar-refractivity contribution in [2.45, 2.75) is 37.5 Å². The van der Waals surface area contributed by atoms with Gasteiger partial charge >= 0.3 is 0 Å². The second-order valence-electron chi connectivity index (χ2n) is 15.7. The molecule has 7 aromatic carbocycles. The maximum atomic E-state index is 6.51. The molecule has 2 heteroatoms. The van der Waals surface area contributed by atoms with Gasteiger partial charge in [0.05, 0.1) is 5.69 Å². The summed E-state index contributed by atoms with van der Waals surface area (Å²) >= 11 is 0. The number of hydrogen-bond acceptors (Lipinski definition) is 2. The highest BCUT2D eigenvalue weighted by atomic mass is 16.3. The zero-order valence-electron chi connectivity index (χ0n) is 28.0. The average molecular weight is 644 g/mol. The maximum Gasteiger partial charge on any atom is 0.137 e. The van der Waals surface area contributed by atoms with Crippen molar-refractivity contribution in [1.29, 1.82) is 0 Å². The number of rotatable bonds is 3. The van der Waals surface area contributed by atoms with Crippen LogP contribution in [0.25, 0.3) is 54.6 Å². The van der Waals surface area contributed by atoms with E-state index >= 15 is 0 Å². The third-order valence-electron chi connectivity index (χ3n) is 13.4. The Balaban J connectivity index is 1.13. The number of para-hydroxylation sites is 1. The molecular weight excluding hydrogens is 607 g/mol. The summed E-state index contributed by atoms with van der Waals surface area (Å²) < 4.78 is 6.51. The SMILES string of the molecule is c1ccc2c(c1)-c1c(N(c3ccc4c(ccc5ccccc54)c3)c3ccc4c(c3)oc3ccccc34)cccc1C21C2CC3CC(C2)CC1C3. The van der Waals surface area contributed by atoms with Crippen LogP contribution in [0.2, 0.25) is 0 Å². The molecule has 8 aromatic rings. The quantitative estimate of drug-likeness (QED) is 0.178. The van der Waals surface area contributed by atoms with Crippen LogP contribution in [0.15, 0.2) is 144 Å². The van der Waals surface area contributed by atoms with E-state index in [0.717, 1.165) is 51.3 Å². The predicted octanol–water partition coefficient (Wildman–Crippen LogP) is 13.1. The minimum absolute atomic E-state index is 0.117. The maximum absolute atomic E-state index is 6.51. The van der Waals surface area contributed by atoms with Crippen molar-refractivity contribution >= 4 is 60.5 Å². The van der Waals surface area contributed by atoms with E-state index in [1.807, 2.05) is 0 Å². The van der Waals surface area contributed by atoms with E-state index in [4.69, 9.17) is 4.42 Å². The van der Waals surface area contributed by atoms with Gasteiger partial charge in [0.2, 0.25) is 0 Å². The Hall–Kier alpha value is -5.34. The van der Waals surface area contributed by atoms with Crippen LogP contribution < -0.4 is 4.90 Å². The van der Waals surface area contributed by atoms with Gasteiger partial charge in [-0.1, -0.05) is 97.1 Å². The minimum atomic E-state index is 0.117. The molecule has 0 radical (unpaired) electrons. The Bertz CT molecular complexity index is 2670. The number of hydrogen-bond donors (Lipinski definition) is 0. The summed E-state index contributed by atoms with van der Waals surface area (Å²) in [5.74, 6) is 3.29. The smallest absolute Gasteiger partial charge is 0.137 e. The average Bonchev–Trinajstić information content (AvgIpc) is 3.67. The predicted molar refractivity (Wildman–Crippen MR) is 207 cm³/mol. The molecule has 4 fully saturated rings. The molecule has 5 aliphatic carbocycles. The topological polar surface area (TPSA) is 16.4 Å². The summed E-state index contributed by atoms with van der Waals surface area (Å²) in [7, 11) is 0. The van der Waals surface area contributed by atoms with Crippen LogP contribution >= 0.6 is 0 Å². The minimum Gasteiger partial charge on any atom is -0.456 e. The lowest BCUT2D eigenvalue weighted by molar-refractivity contribution is -0.0399. The molecule has 0 unspecified atom stereocenters. The van der Waals surface area contributed by atoms with Crippen molar-refractivity contribution in [3.8, 4) is 11.1 Å². The van der Waals surface area contributed by atoms with Gasteiger partial charge in [0.1, 0.15) is 11.2 Å². The first-order chi connectivity index (χ1) is 24.7. The van der Waals surface area contributed by atoms with Gasteiger partial charge in [-0.25, -0.2) is 0 Å². The Morgan fingerprint density at radius 3 is 1.98 bits per heavy atom. The monoisotopic (exact) mass is 643 g/mol. The highest BCUT2D eigenvalue weighted by Gasteiger charge is 2.61. The zero-order valence-corrected chi connectivity index (χ0v) is 28.0. The summed E-state index contributed by atoms with van der Waals surface area (Å²) in [6, 6.07) is 52.3. The molecule has 0 N–H and O–H groups in total. The molecule has 0 atom stereocenters. The lowest BCUT2D eigenvalue weighted by Gasteiger charge is -2.61. The molecule has 4 saturated carbocycles. The zero-order chi connectivity index (χ0) is 32.6. The van der Waals surface area contributed by atoms with E-state index in [1.54, 1.807) is 11.1 Å². The van der Waals surface area contributed by atoms with Crippen LogP contribution in [0.3, 0.4) is 0 Å². The van der Waals surface area contributed by atoms with Gasteiger partial charge in [-0.05, 0) is 130 Å². The molecule has 1 spiro atoms. The standard InChI is InChI=1S/C48H37NO/c1-2-9-37-31(8-1)16-17-32-27-35(18-20-38(32)37)49(36-19-21-40-39-10-4-6-15-45(39)50-46(40)28-36)44-14-7-13-43-47(44)41-11-3-5-12-42(41)48(43)33-23-29-22-30(25-33)26-34(48)24-29/h1-21,27-30,33-34H,22-26H2. The lowest BCUT2D eigenvalue weighted by atomic mass is 9.43. The summed E-state index contributed by atoms with van der Waals surface area (Å²) in [5, 5.41) is 7.43. The fraction of sp³-hybridized carbons (Fsp3) is 0.208. The van der Waals surface area contributed by atoms with Crippen molar-refractivity contribution in [2.75, 3.05) is 4.90 Å². The molecule has 1 heterocycles. The van der Waals surface area contributed by atoms with E-state index in [0.29, 0.717) is 0 Å². The molecule has 0 aliphatic heterocycles. The van der Waals surface area contributed by atoms with E-state index in [1.165, 1.54) is 76.2 Å². The van der Waals surface area contributed by atoms with E-state index in [9.17, 15) is 0 Å². The fourth-order valence-corrected chi connectivity index (χ4v) is 11.8. The van der Waals surface area contributed by atoms with Crippen molar-refractivity contribution in [1.82, 2.24) is 0 Å². The molecule has 4 bridgehead atoms. The number of anilines is 3. The normalized spacial score (nSPS) is 24.5. The molecule has 240 valence electrons. The van der Waals surface area contributed by atoms with Crippen LogP contribution in [-0.4, -0.2) is 0 Å². The van der Waals surface area contributed by atoms with Gasteiger partial charge in [0.25, 0.3) is 0 Å². The Labute approximate surface area is 292 Å². The van der Waals surface area contributed by atoms with Crippen LogP contribution in [0.1, 0.15) is 43.2 Å². The van der Waals surface area contributed by atoms with Crippen LogP contribution in [0.4, 0.5) is 17.1 Å². The molecule has 13 rings (SSSR count). The van der Waals surface area contributed by atoms with Crippen molar-refractivity contribution in [3.05, 3.63) is 151 Å². The molecule has 2 nitrogen and oxygen atoms in total. The molecule has 1 aromatic heterocycles. The summed E-state index contributed by atoms with van der Waals surface area (Å²) in [4.78, 5) is 2.52. The molecule has 5 aliphatic rings. The first-order valence-corrected chi connectivity index (χ1v) is 18.6. The fourth-order valence-electron chi connectivity index (χ4n) is 11.8. The van der Waals surface area contributed by atoms with Gasteiger partial charge in [0.15, 0.2) is 0 Å². The summed E-state index contributed by atoms with van der Waals surface area (Å²) in [6.07, 6.45) is 7.01. The van der Waals surface area contributed by atoms with Gasteiger partial charge in [0, 0.05) is 39.2 Å². The van der Waals surface area contributed by atoms with Crippen molar-refractivity contribution in [2.24, 2.45) is 23.7 Å². The van der Waals surface area contributed by atoms with E-state index in [-0.39, 0.29) is 5.41 Å². The first-order valence-electron chi connectivity index (χ1n) is 18.6. The van der Waals surface area contributed by atoms with Crippen LogP contribution in [0.5, 0.6) is 0 Å². The van der Waals surface area contributed by atoms with Gasteiger partial charge in [-0.15, -0.1) is 0 Å². The Morgan fingerprint density at radius 1 is 0.480 bits per heavy atom. The van der Waals surface area contributed by atoms with Crippen molar-refractivity contribution in [3.63, 3.8) is 0 Å². The largest absolute Gasteiger partial charge is 0.456 e. The van der Waals surface area contributed by atoms with Crippen LogP contribution in [0, 0.1) is 23.7 Å². The summed E-state index contributed by atoms with van der Waals surface area (Å²) in [6.45, 7) is 0. The molecular formula is C48H37NO. The Kier molecular flexibility index (Phi) is 5.43. The van der Waals surface area contributed by atoms with Gasteiger partial charge in [-0.3, -0.25) is 0 Å². The van der Waals surface area contributed by atoms with Gasteiger partial charge < -0.3 is 9.32 Å². The van der Waals surface area contributed by atoms with Crippen molar-refractivity contribution < 1.29 is 4.42 Å². The molecule has 0 amide bonds. The van der Waals surface area contributed by atoms with E-state index in [2.05, 4.69) is 144 Å². The van der Waals surface area contributed by atoms with Crippen LogP contribution in [-0.2, 0) is 5.41 Å². The lowest BCUT2D eigenvalue weighted by Crippen LogP contribution is -2.55. The first kappa shape index (κ1) is 27.5. The number of fused-ring (bicyclic) bond motifs is 9. The Morgan fingerprint density at radius 2 is 1.12 bits per heavy atom.